The van der Waals surface area contributed by atoms with Gasteiger partial charge in [-0.05, 0) is 110 Å². The number of hydrogen-bond donors (Lipinski definition) is 4. The molecule has 16 heteroatoms. The van der Waals surface area contributed by atoms with Gasteiger partial charge in [-0.2, -0.15) is 0 Å². The highest BCUT2D eigenvalue weighted by atomic mass is 19.1. The van der Waals surface area contributed by atoms with Crippen LogP contribution in [0.4, 0.5) is 31.0 Å². The first-order valence-corrected chi connectivity index (χ1v) is 21.7. The first-order valence-electron chi connectivity index (χ1n) is 21.7. The molecule has 3 aromatic rings. The SMILES string of the molecule is COC(=O)N[C@H](C(=O)N1C(C)CC[C@H]1C(=O)Nc1ccc(CN(Cc2ccc(NC(=O)[C@@H]3CCC(C)N3C(=O)[C@H](N(C)C(=O)O)C(C)(C)C)cc2)c2ccc(F)cc2)cc1)C(C)(C)C. The second-order valence-electron chi connectivity index (χ2n) is 19.2. The normalized spacial score (nSPS) is 19.6. The molecule has 2 aliphatic heterocycles. The number of rotatable bonds is 13. The maximum atomic E-state index is 14.0. The zero-order chi connectivity index (χ0) is 47.3. The maximum Gasteiger partial charge on any atom is 0.407 e. The van der Waals surface area contributed by atoms with E-state index in [0.29, 0.717) is 50.1 Å². The molecular formula is C48H64FN7O8. The highest BCUT2D eigenvalue weighted by Crippen LogP contribution is 2.33. The fourth-order valence-corrected chi connectivity index (χ4v) is 8.74. The molecule has 0 saturated carbocycles. The van der Waals surface area contributed by atoms with E-state index in [1.807, 2.05) is 58.9 Å². The molecule has 2 unspecified atom stereocenters. The van der Waals surface area contributed by atoms with Crippen LogP contribution in [0, 0.1) is 16.6 Å². The van der Waals surface area contributed by atoms with Crippen molar-refractivity contribution in [3.63, 3.8) is 0 Å². The van der Waals surface area contributed by atoms with Crippen molar-refractivity contribution < 1.29 is 43.0 Å². The summed E-state index contributed by atoms with van der Waals surface area (Å²) >= 11 is 0. The van der Waals surface area contributed by atoms with Gasteiger partial charge in [0.25, 0.3) is 0 Å². The second kappa shape index (κ2) is 20.1. The van der Waals surface area contributed by atoms with Crippen LogP contribution >= 0.6 is 0 Å². The Morgan fingerprint density at radius 3 is 1.53 bits per heavy atom. The molecule has 0 bridgehead atoms. The second-order valence-corrected chi connectivity index (χ2v) is 19.2. The van der Waals surface area contributed by atoms with Crippen LogP contribution < -0.4 is 20.9 Å². The van der Waals surface area contributed by atoms with Gasteiger partial charge in [-0.1, -0.05) is 65.8 Å². The number of carboxylic acid groups (broad SMARTS) is 1. The predicted octanol–water partition coefficient (Wildman–Crippen LogP) is 7.46. The average molecular weight is 886 g/mol. The van der Waals surface area contributed by atoms with Crippen LogP contribution in [-0.4, -0.2) is 106 Å². The van der Waals surface area contributed by atoms with Crippen LogP contribution in [0.1, 0.15) is 92.2 Å². The topological polar surface area (TPSA) is 181 Å². The zero-order valence-corrected chi connectivity index (χ0v) is 38.6. The Morgan fingerprint density at radius 2 is 1.14 bits per heavy atom. The lowest BCUT2D eigenvalue weighted by molar-refractivity contribution is -0.145. The number of hydrogen-bond acceptors (Lipinski definition) is 8. The van der Waals surface area contributed by atoms with E-state index in [4.69, 9.17) is 4.74 Å². The molecule has 3 aromatic carbocycles. The Balaban J connectivity index is 1.26. The van der Waals surface area contributed by atoms with Gasteiger partial charge in [0.1, 0.15) is 30.0 Å². The van der Waals surface area contributed by atoms with Crippen LogP contribution in [0.3, 0.4) is 0 Å². The Bertz CT molecular complexity index is 2150. The molecule has 0 aromatic heterocycles. The zero-order valence-electron chi connectivity index (χ0n) is 38.6. The Kier molecular flexibility index (Phi) is 15.3. The summed E-state index contributed by atoms with van der Waals surface area (Å²) in [6.45, 7) is 15.5. The van der Waals surface area contributed by atoms with Crippen molar-refractivity contribution in [1.82, 2.24) is 20.0 Å². The number of methoxy groups -OCH3 is 1. The van der Waals surface area contributed by atoms with Crippen LogP contribution in [0.25, 0.3) is 0 Å². The minimum absolute atomic E-state index is 0.214. The lowest BCUT2D eigenvalue weighted by Gasteiger charge is -2.40. The molecule has 0 aliphatic carbocycles. The summed E-state index contributed by atoms with van der Waals surface area (Å²) in [6, 6.07) is 17.1. The minimum atomic E-state index is -1.22. The Morgan fingerprint density at radius 1 is 0.703 bits per heavy atom. The van der Waals surface area contributed by atoms with Crippen molar-refractivity contribution in [2.24, 2.45) is 10.8 Å². The number of ether oxygens (including phenoxy) is 1. The van der Waals surface area contributed by atoms with Crippen molar-refractivity contribution >= 4 is 52.9 Å². The highest BCUT2D eigenvalue weighted by Gasteiger charge is 2.47. The van der Waals surface area contributed by atoms with Crippen molar-refractivity contribution in [3.05, 3.63) is 89.7 Å². The van der Waals surface area contributed by atoms with E-state index in [2.05, 4.69) is 20.9 Å². The third kappa shape index (κ3) is 11.7. The molecule has 4 N–H and O–H groups in total. The molecule has 64 heavy (non-hydrogen) atoms. The number of carbonyl (C=O) groups excluding carboxylic acids is 5. The van der Waals surface area contributed by atoms with E-state index in [1.54, 1.807) is 62.1 Å². The number of nitrogens with one attached hydrogen (secondary N) is 3. The predicted molar refractivity (Wildman–Crippen MR) is 243 cm³/mol. The summed E-state index contributed by atoms with van der Waals surface area (Å²) in [7, 11) is 2.61. The van der Waals surface area contributed by atoms with E-state index < -0.39 is 53.1 Å². The van der Waals surface area contributed by atoms with E-state index in [1.165, 1.54) is 31.2 Å². The lowest BCUT2D eigenvalue weighted by Crippen LogP contribution is -2.58. The number of nitrogens with zero attached hydrogens (tertiary/aromatic N) is 4. The number of halogens is 1. The summed E-state index contributed by atoms with van der Waals surface area (Å²) in [4.78, 5) is 85.4. The number of amides is 6. The molecule has 6 atom stereocenters. The summed E-state index contributed by atoms with van der Waals surface area (Å²) < 4.78 is 18.8. The van der Waals surface area contributed by atoms with Gasteiger partial charge >= 0.3 is 12.2 Å². The van der Waals surface area contributed by atoms with Crippen molar-refractivity contribution in [3.8, 4) is 0 Å². The largest absolute Gasteiger partial charge is 0.465 e. The van der Waals surface area contributed by atoms with E-state index >= 15 is 0 Å². The third-order valence-electron chi connectivity index (χ3n) is 12.1. The van der Waals surface area contributed by atoms with E-state index in [0.717, 1.165) is 21.7 Å². The molecular weight excluding hydrogens is 822 g/mol. The van der Waals surface area contributed by atoms with Crippen LogP contribution in [0.15, 0.2) is 72.8 Å². The van der Waals surface area contributed by atoms with Crippen molar-refractivity contribution in [1.29, 1.82) is 0 Å². The van der Waals surface area contributed by atoms with Gasteiger partial charge in [0, 0.05) is 49.3 Å². The molecule has 5 rings (SSSR count). The van der Waals surface area contributed by atoms with E-state index in [-0.39, 0.29) is 35.6 Å². The van der Waals surface area contributed by atoms with Crippen LogP contribution in [0.5, 0.6) is 0 Å². The quantitative estimate of drug-likeness (QED) is 0.136. The number of alkyl carbamates (subject to hydrolysis) is 1. The van der Waals surface area contributed by atoms with E-state index in [9.17, 15) is 38.3 Å². The molecule has 0 radical (unpaired) electrons. The first kappa shape index (κ1) is 48.8. The monoisotopic (exact) mass is 885 g/mol. The Hall–Kier alpha value is -6.19. The molecule has 346 valence electrons. The van der Waals surface area contributed by atoms with Gasteiger partial charge in [0.05, 0.1) is 7.11 Å². The summed E-state index contributed by atoms with van der Waals surface area (Å²) in [6.07, 6.45) is 0.196. The molecule has 2 saturated heterocycles. The molecule has 0 spiro atoms. The maximum absolute atomic E-state index is 14.0. The summed E-state index contributed by atoms with van der Waals surface area (Å²) in [5, 5.41) is 18.3. The van der Waals surface area contributed by atoms with Crippen molar-refractivity contribution in [2.75, 3.05) is 29.7 Å². The standard InChI is InChI=1S/C48H64FN7O8/c1-29-11-25-37(55(29)43(59)39(47(3,4)5)52-45(61)64-10)41(57)50-34-19-13-31(14-20-34)27-54(36-23-17-33(49)18-24-36)28-32-15-21-35(22-16-32)51-42(58)38-26-12-30(2)56(38)44(60)40(48(6,7)8)53(9)46(62)63/h13-24,29-30,37-40H,11-12,25-28H2,1-10H3,(H,50,57)(H,51,58)(H,52,61)(H,62,63)/t29?,30?,37-,38-,39+,40-/m0/s1. The van der Waals surface area contributed by atoms with Crippen LogP contribution in [0.2, 0.25) is 0 Å². The van der Waals surface area contributed by atoms with Crippen LogP contribution in [-0.2, 0) is 37.0 Å². The number of carbonyl (C=O) groups is 6. The molecule has 2 fully saturated rings. The van der Waals surface area contributed by atoms with Gasteiger partial charge in [-0.25, -0.2) is 14.0 Å². The highest BCUT2D eigenvalue weighted by molar-refractivity contribution is 6.00. The number of likely N-dealkylation sites (tertiary alicyclic amines) is 2. The van der Waals surface area contributed by atoms with Gasteiger partial charge < -0.3 is 40.5 Å². The third-order valence-corrected chi connectivity index (χ3v) is 12.1. The minimum Gasteiger partial charge on any atom is -0.465 e. The first-order chi connectivity index (χ1) is 30.0. The summed E-state index contributed by atoms with van der Waals surface area (Å²) in [5.74, 6) is -1.80. The van der Waals surface area contributed by atoms with Gasteiger partial charge in [-0.3, -0.25) is 24.1 Å². The number of anilines is 3. The fourth-order valence-electron chi connectivity index (χ4n) is 8.74. The number of benzene rings is 3. The van der Waals surface area contributed by atoms with Gasteiger partial charge in [-0.15, -0.1) is 0 Å². The average Bonchev–Trinajstić information content (AvgIpc) is 3.82. The molecule has 2 aliphatic rings. The number of likely N-dealkylation sites (N-methyl/N-ethyl adjacent to an activating group) is 1. The fraction of sp³-hybridized carbons (Fsp3) is 0.500. The lowest BCUT2D eigenvalue weighted by atomic mass is 9.84. The van der Waals surface area contributed by atoms with Gasteiger partial charge in [0.15, 0.2) is 0 Å². The molecule has 2 heterocycles. The van der Waals surface area contributed by atoms with Crippen molar-refractivity contribution in [2.45, 2.75) is 130 Å². The molecule has 15 nitrogen and oxygen atoms in total. The molecule has 6 amide bonds. The summed E-state index contributed by atoms with van der Waals surface area (Å²) in [5.41, 5.74) is 2.32. The smallest absolute Gasteiger partial charge is 0.407 e. The Labute approximate surface area is 375 Å². The van der Waals surface area contributed by atoms with Gasteiger partial charge in [0.2, 0.25) is 23.6 Å².